The van der Waals surface area contributed by atoms with Crippen LogP contribution < -0.4 is 4.74 Å². The number of aromatic nitrogens is 2. The number of rotatable bonds is 2. The third-order valence-corrected chi connectivity index (χ3v) is 2.89. The van der Waals surface area contributed by atoms with Crippen molar-refractivity contribution < 1.29 is 13.5 Å². The summed E-state index contributed by atoms with van der Waals surface area (Å²) in [7, 11) is 1.56. The summed E-state index contributed by atoms with van der Waals surface area (Å²) < 4.78 is 31.8. The van der Waals surface area contributed by atoms with Gasteiger partial charge in [-0.2, -0.15) is 0 Å². The van der Waals surface area contributed by atoms with E-state index in [1.54, 1.807) is 25.3 Å². The first kappa shape index (κ1) is 11.6. The zero-order valence-corrected chi connectivity index (χ0v) is 10.1. The summed E-state index contributed by atoms with van der Waals surface area (Å²) in [6, 6.07) is 9.72. The minimum Gasteiger partial charge on any atom is -0.497 e. The van der Waals surface area contributed by atoms with Crippen molar-refractivity contribution in [2.45, 2.75) is 0 Å². The van der Waals surface area contributed by atoms with E-state index in [9.17, 15) is 8.78 Å². The third-order valence-electron chi connectivity index (χ3n) is 2.89. The Labute approximate surface area is 107 Å². The Morgan fingerprint density at radius 2 is 2.00 bits per heavy atom. The van der Waals surface area contributed by atoms with Crippen LogP contribution in [-0.4, -0.2) is 17.1 Å². The topological polar surface area (TPSA) is 37.9 Å². The Bertz CT molecular complexity index is 752. The zero-order valence-electron chi connectivity index (χ0n) is 10.1. The molecule has 0 amide bonds. The molecule has 19 heavy (non-hydrogen) atoms. The number of benzene rings is 2. The largest absolute Gasteiger partial charge is 0.497 e. The fourth-order valence-corrected chi connectivity index (χ4v) is 1.92. The molecule has 0 fully saturated rings. The van der Waals surface area contributed by atoms with Crippen LogP contribution in [0.4, 0.5) is 8.78 Å². The van der Waals surface area contributed by atoms with Gasteiger partial charge in [-0.25, -0.2) is 13.8 Å². The number of nitrogens with zero attached hydrogens (tertiary/aromatic N) is 1. The third kappa shape index (κ3) is 1.93. The van der Waals surface area contributed by atoms with E-state index in [1.165, 1.54) is 6.07 Å². The molecule has 0 atom stereocenters. The average Bonchev–Trinajstić information content (AvgIpc) is 2.88. The second-order valence-corrected chi connectivity index (χ2v) is 4.07. The second-order valence-electron chi connectivity index (χ2n) is 4.07. The summed E-state index contributed by atoms with van der Waals surface area (Å²) in [4.78, 5) is 7.05. The van der Waals surface area contributed by atoms with Crippen LogP contribution in [0.1, 0.15) is 0 Å². The smallest absolute Gasteiger partial charge is 0.186 e. The Balaban J connectivity index is 2.17. The first-order valence-electron chi connectivity index (χ1n) is 5.67. The van der Waals surface area contributed by atoms with Crippen molar-refractivity contribution in [2.75, 3.05) is 7.11 Å². The van der Waals surface area contributed by atoms with E-state index in [0.29, 0.717) is 17.1 Å². The van der Waals surface area contributed by atoms with E-state index < -0.39 is 11.6 Å². The van der Waals surface area contributed by atoms with Crippen molar-refractivity contribution in [3.8, 4) is 17.1 Å². The molecule has 0 radical (unpaired) electrons. The highest BCUT2D eigenvalue weighted by Gasteiger charge is 2.12. The molecule has 3 nitrogen and oxygen atoms in total. The number of aromatic amines is 1. The minimum atomic E-state index is -0.942. The molecular weight excluding hydrogens is 250 g/mol. The van der Waals surface area contributed by atoms with E-state index >= 15 is 0 Å². The standard InChI is InChI=1S/C14H10F2N2O/c1-19-9-4-2-3-8(7-9)14-17-11-6-5-10(15)12(16)13(11)18-14/h2-7H,1H3,(H,17,18). The molecule has 96 valence electrons. The van der Waals surface area contributed by atoms with Crippen molar-refractivity contribution in [2.24, 2.45) is 0 Å². The Kier molecular flexibility index (Phi) is 2.67. The quantitative estimate of drug-likeness (QED) is 0.765. The van der Waals surface area contributed by atoms with Gasteiger partial charge >= 0.3 is 0 Å². The van der Waals surface area contributed by atoms with E-state index in [4.69, 9.17) is 4.74 Å². The van der Waals surface area contributed by atoms with Crippen molar-refractivity contribution >= 4 is 11.0 Å². The normalized spacial score (nSPS) is 10.9. The maximum Gasteiger partial charge on any atom is 0.186 e. The van der Waals surface area contributed by atoms with Crippen molar-refractivity contribution in [1.82, 2.24) is 9.97 Å². The molecule has 2 aromatic carbocycles. The van der Waals surface area contributed by atoms with Crippen LogP contribution in [0.25, 0.3) is 22.4 Å². The molecule has 0 saturated carbocycles. The summed E-state index contributed by atoms with van der Waals surface area (Å²) in [5, 5.41) is 0. The van der Waals surface area contributed by atoms with Gasteiger partial charge in [0.25, 0.3) is 0 Å². The van der Waals surface area contributed by atoms with E-state index in [1.807, 2.05) is 6.07 Å². The molecule has 0 aliphatic rings. The fourth-order valence-electron chi connectivity index (χ4n) is 1.92. The lowest BCUT2D eigenvalue weighted by Gasteiger charge is -2.01. The highest BCUT2D eigenvalue weighted by Crippen LogP contribution is 2.25. The number of hydrogen-bond acceptors (Lipinski definition) is 2. The van der Waals surface area contributed by atoms with Gasteiger partial charge in [0.1, 0.15) is 17.1 Å². The van der Waals surface area contributed by atoms with E-state index in [-0.39, 0.29) is 5.52 Å². The van der Waals surface area contributed by atoms with Crippen LogP contribution in [-0.2, 0) is 0 Å². The predicted octanol–water partition coefficient (Wildman–Crippen LogP) is 3.52. The maximum atomic E-state index is 13.6. The molecule has 3 aromatic rings. The van der Waals surface area contributed by atoms with Crippen LogP contribution in [0, 0.1) is 11.6 Å². The molecule has 0 spiro atoms. The van der Waals surface area contributed by atoms with Crippen molar-refractivity contribution in [1.29, 1.82) is 0 Å². The summed E-state index contributed by atoms with van der Waals surface area (Å²) in [6.45, 7) is 0. The second kappa shape index (κ2) is 4.35. The number of hydrogen-bond donors (Lipinski definition) is 1. The lowest BCUT2D eigenvalue weighted by molar-refractivity contribution is 0.415. The first-order chi connectivity index (χ1) is 9.19. The van der Waals surface area contributed by atoms with Gasteiger partial charge in [0, 0.05) is 5.56 Å². The maximum absolute atomic E-state index is 13.6. The summed E-state index contributed by atoms with van der Waals surface area (Å²) >= 11 is 0. The molecule has 1 aromatic heterocycles. The molecule has 0 aliphatic heterocycles. The van der Waals surface area contributed by atoms with Crippen molar-refractivity contribution in [3.05, 3.63) is 48.0 Å². The number of methoxy groups -OCH3 is 1. The Morgan fingerprint density at radius 1 is 1.16 bits per heavy atom. The number of imidazole rings is 1. The highest BCUT2D eigenvalue weighted by molar-refractivity contribution is 5.80. The monoisotopic (exact) mass is 260 g/mol. The van der Waals surface area contributed by atoms with E-state index in [0.717, 1.165) is 11.6 Å². The summed E-state index contributed by atoms with van der Waals surface area (Å²) in [6.07, 6.45) is 0. The molecule has 1 N–H and O–H groups in total. The number of ether oxygens (including phenoxy) is 1. The van der Waals surface area contributed by atoms with Gasteiger partial charge in [-0.05, 0) is 24.3 Å². The highest BCUT2D eigenvalue weighted by atomic mass is 19.2. The van der Waals surface area contributed by atoms with Gasteiger partial charge in [-0.15, -0.1) is 0 Å². The Hall–Kier alpha value is -2.43. The summed E-state index contributed by atoms with van der Waals surface area (Å²) in [5.74, 6) is -0.706. The van der Waals surface area contributed by atoms with Gasteiger partial charge in [0.05, 0.1) is 12.6 Å². The molecule has 0 unspecified atom stereocenters. The van der Waals surface area contributed by atoms with Gasteiger partial charge in [0.15, 0.2) is 11.6 Å². The Morgan fingerprint density at radius 3 is 2.79 bits per heavy atom. The number of nitrogens with one attached hydrogen (secondary N) is 1. The zero-order chi connectivity index (χ0) is 13.4. The average molecular weight is 260 g/mol. The van der Waals surface area contributed by atoms with Crippen LogP contribution in [0.5, 0.6) is 5.75 Å². The molecule has 0 bridgehead atoms. The number of H-pyrrole nitrogens is 1. The number of fused-ring (bicyclic) bond motifs is 1. The van der Waals surface area contributed by atoms with E-state index in [2.05, 4.69) is 9.97 Å². The molecule has 0 aliphatic carbocycles. The summed E-state index contributed by atoms with van der Waals surface area (Å²) in [5.41, 5.74) is 1.20. The van der Waals surface area contributed by atoms with Crippen LogP contribution in [0.2, 0.25) is 0 Å². The molecule has 0 saturated heterocycles. The molecule has 5 heteroatoms. The lowest BCUT2D eigenvalue weighted by atomic mass is 10.2. The van der Waals surface area contributed by atoms with Gasteiger partial charge < -0.3 is 9.72 Å². The SMILES string of the molecule is COc1cccc(-c2nc3c(F)c(F)ccc3[nH]2)c1. The van der Waals surface area contributed by atoms with Crippen LogP contribution >= 0.6 is 0 Å². The molecule has 1 heterocycles. The molecule has 3 rings (SSSR count). The van der Waals surface area contributed by atoms with Crippen molar-refractivity contribution in [3.63, 3.8) is 0 Å². The first-order valence-corrected chi connectivity index (χ1v) is 5.67. The van der Waals surface area contributed by atoms with Gasteiger partial charge in [-0.1, -0.05) is 12.1 Å². The van der Waals surface area contributed by atoms with Crippen LogP contribution in [0.15, 0.2) is 36.4 Å². The van der Waals surface area contributed by atoms with Crippen LogP contribution in [0.3, 0.4) is 0 Å². The predicted molar refractivity (Wildman–Crippen MR) is 68.0 cm³/mol. The molecular formula is C14H10F2N2O. The fraction of sp³-hybridized carbons (Fsp3) is 0.0714. The minimum absolute atomic E-state index is 0.00202. The van der Waals surface area contributed by atoms with Gasteiger partial charge in [-0.3, -0.25) is 0 Å². The lowest BCUT2D eigenvalue weighted by Crippen LogP contribution is -1.85. The number of halogens is 2. The van der Waals surface area contributed by atoms with Gasteiger partial charge in [0.2, 0.25) is 0 Å².